The molecule has 0 saturated carbocycles. The number of hydrogen-bond acceptors (Lipinski definition) is 7. The van der Waals surface area contributed by atoms with Gasteiger partial charge in [0.15, 0.2) is 0 Å². The van der Waals surface area contributed by atoms with Gasteiger partial charge in [-0.25, -0.2) is 9.59 Å². The number of aliphatic carboxylic acids is 1. The van der Waals surface area contributed by atoms with Gasteiger partial charge in [-0.05, 0) is 31.9 Å². The van der Waals surface area contributed by atoms with Crippen LogP contribution in [0.1, 0.15) is 25.3 Å². The number of carbonyl (C=O) groups is 2. The summed E-state index contributed by atoms with van der Waals surface area (Å²) in [4.78, 5) is 42.8. The highest BCUT2D eigenvalue weighted by atomic mass is 16.6. The van der Waals surface area contributed by atoms with Crippen LogP contribution < -0.4 is 0 Å². The van der Waals surface area contributed by atoms with Crippen LogP contribution in [0.2, 0.25) is 0 Å². The molecule has 0 aliphatic rings. The van der Waals surface area contributed by atoms with Crippen molar-refractivity contribution in [2.45, 2.75) is 19.8 Å². The smallest absolute Gasteiger partial charge is 0.333 e. The summed E-state index contributed by atoms with van der Waals surface area (Å²) >= 11 is 0. The van der Waals surface area contributed by atoms with Crippen molar-refractivity contribution in [2.24, 2.45) is 0 Å². The number of carbonyl (C=O) groups excluding carboxylic acids is 1. The molecule has 1 aromatic rings. The lowest BCUT2D eigenvalue weighted by molar-refractivity contribution is -0.394. The van der Waals surface area contributed by atoms with Crippen LogP contribution >= 0.6 is 0 Å². The summed E-state index contributed by atoms with van der Waals surface area (Å²) in [7, 11) is 0. The fourth-order valence-electron chi connectivity index (χ4n) is 1.91. The molecule has 0 heterocycles. The Kier molecular flexibility index (Phi) is 7.14. The molecule has 10 nitrogen and oxygen atoms in total. The van der Waals surface area contributed by atoms with Gasteiger partial charge in [0.2, 0.25) is 0 Å². The predicted molar refractivity (Wildman–Crippen MR) is 90.4 cm³/mol. The molecule has 0 unspecified atom stereocenters. The Morgan fingerprint density at radius 2 is 1.92 bits per heavy atom. The Balaban J connectivity index is 2.99. The SMILES string of the molecule is C=C(C)C(=O)OCCCC(=Cc1ccc([N+](=O)[O-])cc1[N+](=O)[O-])C(=O)O. The topological polar surface area (TPSA) is 150 Å². The molecule has 0 saturated heterocycles. The van der Waals surface area contributed by atoms with Gasteiger partial charge in [-0.2, -0.15) is 0 Å². The molecule has 0 spiro atoms. The molecule has 10 heteroatoms. The van der Waals surface area contributed by atoms with Crippen molar-refractivity contribution in [2.75, 3.05) is 6.61 Å². The molecule has 1 aromatic carbocycles. The summed E-state index contributed by atoms with van der Waals surface area (Å²) < 4.78 is 4.85. The summed E-state index contributed by atoms with van der Waals surface area (Å²) in [5.74, 6) is -1.90. The number of hydrogen-bond donors (Lipinski definition) is 1. The molecule has 1 N–H and O–H groups in total. The first-order valence-corrected chi connectivity index (χ1v) is 7.32. The van der Waals surface area contributed by atoms with Crippen LogP contribution in [0, 0.1) is 20.2 Å². The lowest BCUT2D eigenvalue weighted by Gasteiger charge is -2.06. The first-order valence-electron chi connectivity index (χ1n) is 7.32. The molecule has 0 radical (unpaired) electrons. The first kappa shape index (κ1) is 20.5. The lowest BCUT2D eigenvalue weighted by Crippen LogP contribution is -2.08. The molecule has 0 atom stereocenters. The number of carboxylic acid groups (broad SMARTS) is 1. The van der Waals surface area contributed by atoms with Crippen molar-refractivity contribution in [1.29, 1.82) is 0 Å². The van der Waals surface area contributed by atoms with E-state index in [4.69, 9.17) is 4.74 Å². The summed E-state index contributed by atoms with van der Waals surface area (Å²) in [6.07, 6.45) is 1.23. The van der Waals surface area contributed by atoms with Gasteiger partial charge >= 0.3 is 11.9 Å². The second-order valence-corrected chi connectivity index (χ2v) is 5.25. The van der Waals surface area contributed by atoms with E-state index in [2.05, 4.69) is 6.58 Å². The van der Waals surface area contributed by atoms with Crippen molar-refractivity contribution < 1.29 is 29.3 Å². The van der Waals surface area contributed by atoms with E-state index in [0.29, 0.717) is 0 Å². The number of carboxylic acids is 1. The van der Waals surface area contributed by atoms with Crippen LogP contribution in [-0.2, 0) is 14.3 Å². The zero-order chi connectivity index (χ0) is 19.9. The highest BCUT2D eigenvalue weighted by Crippen LogP contribution is 2.27. The van der Waals surface area contributed by atoms with E-state index in [0.717, 1.165) is 24.3 Å². The minimum atomic E-state index is -1.30. The maximum absolute atomic E-state index is 11.3. The van der Waals surface area contributed by atoms with Crippen molar-refractivity contribution in [3.8, 4) is 0 Å². The van der Waals surface area contributed by atoms with Gasteiger partial charge in [-0.15, -0.1) is 0 Å². The lowest BCUT2D eigenvalue weighted by atomic mass is 10.0. The van der Waals surface area contributed by atoms with E-state index in [1.165, 1.54) is 6.92 Å². The predicted octanol–water partition coefficient (Wildman–Crippen LogP) is 2.87. The number of nitrogens with zero attached hydrogens (tertiary/aromatic N) is 2. The molecule has 1 rings (SSSR count). The Bertz CT molecular complexity index is 797. The van der Waals surface area contributed by atoms with Crippen molar-refractivity contribution >= 4 is 29.4 Å². The molecule has 0 aliphatic carbocycles. The van der Waals surface area contributed by atoms with Crippen LogP contribution in [0.3, 0.4) is 0 Å². The van der Waals surface area contributed by atoms with E-state index in [-0.39, 0.29) is 36.2 Å². The number of esters is 1. The second-order valence-electron chi connectivity index (χ2n) is 5.25. The number of non-ortho nitro benzene ring substituents is 1. The van der Waals surface area contributed by atoms with Gasteiger partial charge in [0, 0.05) is 17.2 Å². The normalized spacial score (nSPS) is 10.9. The van der Waals surface area contributed by atoms with Crippen LogP contribution in [0.15, 0.2) is 35.9 Å². The standard InChI is InChI=1S/C16H16N2O8/c1-10(2)16(21)26-7-3-4-12(15(19)20)8-11-5-6-13(17(22)23)9-14(11)18(24)25/h5-6,8-9H,1,3-4,7H2,2H3,(H,19,20). The summed E-state index contributed by atoms with van der Waals surface area (Å²) in [5, 5.41) is 31.0. The van der Waals surface area contributed by atoms with Crippen LogP contribution in [-0.4, -0.2) is 33.5 Å². The highest BCUT2D eigenvalue weighted by molar-refractivity contribution is 5.93. The summed E-state index contributed by atoms with van der Waals surface area (Å²) in [6.45, 7) is 4.83. The Morgan fingerprint density at radius 1 is 1.27 bits per heavy atom. The molecule has 26 heavy (non-hydrogen) atoms. The number of rotatable bonds is 9. The highest BCUT2D eigenvalue weighted by Gasteiger charge is 2.19. The Labute approximate surface area is 147 Å². The van der Waals surface area contributed by atoms with E-state index in [1.807, 2.05) is 0 Å². The average Bonchev–Trinajstić information content (AvgIpc) is 2.56. The summed E-state index contributed by atoms with van der Waals surface area (Å²) in [6, 6.07) is 2.92. The van der Waals surface area contributed by atoms with Crippen LogP contribution in [0.5, 0.6) is 0 Å². The molecule has 0 amide bonds. The third-order valence-electron chi connectivity index (χ3n) is 3.20. The van der Waals surface area contributed by atoms with Gasteiger partial charge in [0.25, 0.3) is 11.4 Å². The minimum Gasteiger partial charge on any atom is -0.478 e. The zero-order valence-electron chi connectivity index (χ0n) is 13.8. The third kappa shape index (κ3) is 5.82. The van der Waals surface area contributed by atoms with Gasteiger partial charge in [-0.1, -0.05) is 6.58 Å². The van der Waals surface area contributed by atoms with Gasteiger partial charge in [-0.3, -0.25) is 20.2 Å². The van der Waals surface area contributed by atoms with E-state index >= 15 is 0 Å². The molecule has 0 fully saturated rings. The molecular weight excluding hydrogens is 348 g/mol. The number of benzene rings is 1. The maximum atomic E-state index is 11.3. The second kappa shape index (κ2) is 9.06. The summed E-state index contributed by atoms with van der Waals surface area (Å²) in [5.41, 5.74) is -1.07. The quantitative estimate of drug-likeness (QED) is 0.231. The first-order chi connectivity index (χ1) is 12.1. The fourth-order valence-corrected chi connectivity index (χ4v) is 1.91. The average molecular weight is 364 g/mol. The van der Waals surface area contributed by atoms with Crippen LogP contribution in [0.4, 0.5) is 11.4 Å². The van der Waals surface area contributed by atoms with Crippen molar-refractivity contribution in [3.63, 3.8) is 0 Å². The molecular formula is C16H16N2O8. The van der Waals surface area contributed by atoms with Crippen molar-refractivity contribution in [1.82, 2.24) is 0 Å². The number of ether oxygens (including phenoxy) is 1. The molecule has 0 aromatic heterocycles. The van der Waals surface area contributed by atoms with Gasteiger partial charge in [0.05, 0.1) is 28.1 Å². The van der Waals surface area contributed by atoms with Crippen molar-refractivity contribution in [3.05, 3.63) is 61.7 Å². The van der Waals surface area contributed by atoms with Gasteiger partial charge in [0.1, 0.15) is 0 Å². The molecule has 138 valence electrons. The number of nitro benzene ring substituents is 2. The molecule has 0 aliphatic heterocycles. The van der Waals surface area contributed by atoms with Crippen LogP contribution in [0.25, 0.3) is 6.08 Å². The van der Waals surface area contributed by atoms with E-state index in [1.54, 1.807) is 0 Å². The minimum absolute atomic E-state index is 0.0209. The third-order valence-corrected chi connectivity index (χ3v) is 3.20. The Morgan fingerprint density at radius 3 is 2.42 bits per heavy atom. The maximum Gasteiger partial charge on any atom is 0.333 e. The van der Waals surface area contributed by atoms with E-state index in [9.17, 15) is 34.9 Å². The van der Waals surface area contributed by atoms with Gasteiger partial charge < -0.3 is 9.84 Å². The zero-order valence-corrected chi connectivity index (χ0v) is 13.8. The Hall–Kier alpha value is -3.56. The monoisotopic (exact) mass is 364 g/mol. The molecule has 0 bridgehead atoms. The van der Waals surface area contributed by atoms with E-state index < -0.39 is 33.2 Å². The fraction of sp³-hybridized carbons (Fsp3) is 0.250. The largest absolute Gasteiger partial charge is 0.478 e. The number of nitro groups is 2.